The molecule has 0 amide bonds. The van der Waals surface area contributed by atoms with Gasteiger partial charge >= 0.3 is 26.2 Å². The summed E-state index contributed by atoms with van der Waals surface area (Å²) in [5, 5.41) is 30.3. The number of Topliss-reactive ketones (excluding diaryl/α,β-unsaturated/α-hetero) is 1. The largest absolute Gasteiger partial charge is 2.00 e. The molecule has 0 radical (unpaired) electrons. The molecule has 79 heavy (non-hydrogen) atoms. The van der Waals surface area contributed by atoms with Crippen LogP contribution in [-0.2, 0) is 11.3 Å². The van der Waals surface area contributed by atoms with Crippen molar-refractivity contribution in [3.63, 3.8) is 0 Å². The van der Waals surface area contributed by atoms with E-state index in [4.69, 9.17) is 49.0 Å². The summed E-state index contributed by atoms with van der Waals surface area (Å²) in [5.74, 6) is 1.62. The Morgan fingerprint density at radius 1 is 0.620 bits per heavy atom. The number of hydrogen-bond donors (Lipinski definition) is 6. The van der Waals surface area contributed by atoms with Crippen LogP contribution in [0.1, 0.15) is 84.8 Å². The van der Waals surface area contributed by atoms with E-state index in [9.17, 15) is 34.5 Å². The zero-order chi connectivity index (χ0) is 56.9. The maximum absolute atomic E-state index is 12.6. The molecule has 1 saturated heterocycles. The summed E-state index contributed by atoms with van der Waals surface area (Å²) < 4.78 is 15.4. The molecule has 22 heteroatoms. The number of aromatic hydroxyl groups is 2. The fraction of sp³-hybridized carbons (Fsp3) is 0.175. The molecule has 4 heterocycles. The second kappa shape index (κ2) is 39.7. The van der Waals surface area contributed by atoms with Gasteiger partial charge in [-0.1, -0.05) is 18.2 Å². The van der Waals surface area contributed by atoms with Crippen LogP contribution >= 0.6 is 82.1 Å². The number of halogens is 7. The number of hydrogen-bond acceptors (Lipinski definition) is 10. The van der Waals surface area contributed by atoms with Crippen molar-refractivity contribution in [1.82, 2.24) is 15.0 Å². The molecule has 10 rings (SSSR count). The number of ketones is 3. The number of aliphatic hydroxyl groups excluding tert-OH is 1. The van der Waals surface area contributed by atoms with Gasteiger partial charge in [0.2, 0.25) is 0 Å². The van der Waals surface area contributed by atoms with Gasteiger partial charge in [0, 0.05) is 97.9 Å². The van der Waals surface area contributed by atoms with Crippen LogP contribution in [0.5, 0.6) is 23.0 Å². The summed E-state index contributed by atoms with van der Waals surface area (Å²) in [7, 11) is 3.26. The molecule has 0 atom stereocenters. The van der Waals surface area contributed by atoms with Gasteiger partial charge in [-0.2, -0.15) is 6.92 Å². The molecule has 13 nitrogen and oxygen atoms in total. The topological polar surface area (TPSA) is 204 Å². The number of carbonyl (C=O) groups is 4. The molecule has 1 fully saturated rings. The first-order chi connectivity index (χ1) is 37.0. The molecule has 9 aromatic rings. The van der Waals surface area contributed by atoms with E-state index >= 15 is 0 Å². The zero-order valence-corrected chi connectivity index (χ0v) is 53.5. The minimum absolute atomic E-state index is 0. The summed E-state index contributed by atoms with van der Waals surface area (Å²) in [4.78, 5) is 55.6. The normalized spacial score (nSPS) is 10.5. The molecule has 0 aliphatic carbocycles. The van der Waals surface area contributed by atoms with Crippen molar-refractivity contribution in [2.75, 3.05) is 32.8 Å². The number of phenols is 2. The number of ether oxygens (including phenoxy) is 3. The van der Waals surface area contributed by atoms with Gasteiger partial charge in [-0.3, -0.25) is 19.2 Å². The van der Waals surface area contributed by atoms with Crippen molar-refractivity contribution in [3.8, 4) is 23.0 Å². The van der Waals surface area contributed by atoms with E-state index < -0.39 is 5.24 Å². The first-order valence-electron chi connectivity index (χ1n) is 23.3. The SMILES string of the molecule is BrB(Br)Br.C1CCOC1.CC(=O)c1ccc(C(=O)Cl)cc1.COc1ccc(C(=O)c2c[nH]c3ccc(CO)cc23)cc1.COc1ccc2[nH]ccc2c1.ClCCl.O=C(c1ccc(O)cc1)c1c[nH]c2ccc(O)cc12.[Br-].[CH2-]C.[Mg+2]. The first-order valence-corrected chi connectivity index (χ1v) is 27.5. The number of aromatic nitrogens is 3. The van der Waals surface area contributed by atoms with Crippen molar-refractivity contribution in [2.24, 2.45) is 0 Å². The number of carbonyl (C=O) groups excluding carboxylic acids is 4. The number of phenolic OH excluding ortho intramolecular Hbond substituents is 2. The second-order valence-electron chi connectivity index (χ2n) is 15.6. The quantitative estimate of drug-likeness (QED) is 0.0265. The third kappa shape index (κ3) is 24.5. The molecule has 1 aliphatic heterocycles. The van der Waals surface area contributed by atoms with Crippen molar-refractivity contribution in [2.45, 2.75) is 33.3 Å². The molecule has 0 bridgehead atoms. The molecule has 1 aliphatic rings. The Morgan fingerprint density at radius 2 is 1.05 bits per heavy atom. The summed E-state index contributed by atoms with van der Waals surface area (Å²) in [6.45, 7) is 8.43. The van der Waals surface area contributed by atoms with E-state index in [0.29, 0.717) is 44.5 Å². The summed E-state index contributed by atoms with van der Waals surface area (Å²) in [6.07, 6.45) is 7.81. The summed E-state index contributed by atoms with van der Waals surface area (Å²) in [6, 6.07) is 37.7. The van der Waals surface area contributed by atoms with Crippen molar-refractivity contribution >= 4 is 164 Å². The third-order valence-corrected chi connectivity index (χ3v) is 10.9. The number of rotatable bonds is 9. The zero-order valence-electron chi connectivity index (χ0n) is 43.5. The maximum atomic E-state index is 12.6. The fourth-order valence-corrected chi connectivity index (χ4v) is 7.05. The average molecular weight is 1410 g/mol. The fourth-order valence-electron chi connectivity index (χ4n) is 6.92. The average Bonchev–Trinajstić information content (AvgIpc) is 4.31. The van der Waals surface area contributed by atoms with Crippen LogP contribution in [0, 0.1) is 6.92 Å². The van der Waals surface area contributed by atoms with E-state index in [0.717, 1.165) is 46.5 Å². The predicted octanol–water partition coefficient (Wildman–Crippen LogP) is 12.0. The van der Waals surface area contributed by atoms with Gasteiger partial charge in [-0.25, -0.2) is 0 Å². The van der Waals surface area contributed by atoms with Crippen molar-refractivity contribution in [1.29, 1.82) is 0 Å². The number of H-pyrrole nitrogens is 3. The van der Waals surface area contributed by atoms with Crippen LogP contribution in [0.3, 0.4) is 0 Å². The Bertz CT molecular complexity index is 3190. The molecule has 0 saturated carbocycles. The van der Waals surface area contributed by atoms with Gasteiger partial charge in [0.15, 0.2) is 17.3 Å². The minimum Gasteiger partial charge on any atom is -1.00 e. The number of benzene rings is 6. The Morgan fingerprint density at radius 3 is 1.51 bits per heavy atom. The Kier molecular flexibility index (Phi) is 36.4. The standard InChI is InChI=1S/C17H15NO3.C15H11NO3.C9H7ClO2.C9H9NO.C4H8O.C2H5.CH2Cl2.BBr3.BrH.Mg/c1-21-13-5-3-12(4-6-13)17(20)15-9-18-16-7-2-11(10-19)8-14(15)16;17-10-3-1-9(2-4-10)15(19)13-8-16-14-6-5-11(18)7-12(13)14;1-6(11)7-2-4-8(5-3-7)9(10)12;1-11-8-2-3-9-7(6-8)4-5-10-9;1-2-4-5-3-1;1-2;2-1-3;2-1(3)4;;/h2-9,18-19H,10H2,1H3;1-8,16-18H;2-5H,1H3;2-6,10H,1H3;1-4H2;1H2,2H3;1H2;;1H;/q;;;;;-1;;;;+2/p-1. The van der Waals surface area contributed by atoms with Crippen LogP contribution in [0.4, 0.5) is 0 Å². The van der Waals surface area contributed by atoms with Gasteiger partial charge in [-0.05, 0) is 152 Å². The number of alkyl halides is 2. The third-order valence-electron chi connectivity index (χ3n) is 10.7. The van der Waals surface area contributed by atoms with Gasteiger partial charge in [-0.15, -0.1) is 70.5 Å². The smallest absolute Gasteiger partial charge is 1.00 e. The van der Waals surface area contributed by atoms with Crippen LogP contribution in [0.25, 0.3) is 32.7 Å². The molecule has 6 aromatic carbocycles. The molecule has 0 spiro atoms. The van der Waals surface area contributed by atoms with Crippen LogP contribution in [-0.4, -0.2) is 112 Å². The Hall–Kier alpha value is -4.64. The number of aliphatic hydroxyl groups is 1. The maximum Gasteiger partial charge on any atom is 2.00 e. The van der Waals surface area contributed by atoms with E-state index in [1.165, 1.54) is 49.4 Å². The monoisotopic (exact) mass is 1400 g/mol. The van der Waals surface area contributed by atoms with E-state index in [1.54, 1.807) is 100 Å². The van der Waals surface area contributed by atoms with Crippen LogP contribution < -0.4 is 26.5 Å². The first kappa shape index (κ1) is 72.4. The molecular weight excluding hydrogens is 1350 g/mol. The number of aromatic amines is 3. The van der Waals surface area contributed by atoms with Gasteiger partial charge in [0.25, 0.3) is 5.24 Å². The number of fused-ring (bicyclic) bond motifs is 3. The van der Waals surface area contributed by atoms with Gasteiger partial charge < -0.3 is 68.4 Å². The molecular formula is C57H57BBr4Cl3MgN3O10. The van der Waals surface area contributed by atoms with E-state index in [-0.39, 0.29) is 84.0 Å². The molecule has 414 valence electrons. The van der Waals surface area contributed by atoms with Crippen LogP contribution in [0.15, 0.2) is 152 Å². The predicted molar refractivity (Wildman–Crippen MR) is 330 cm³/mol. The number of nitrogens with one attached hydrogen (secondary N) is 3. The molecule has 6 N–H and O–H groups in total. The van der Waals surface area contributed by atoms with Crippen molar-refractivity contribution in [3.05, 3.63) is 198 Å². The number of methoxy groups -OCH3 is 2. The van der Waals surface area contributed by atoms with Crippen LogP contribution in [0.2, 0.25) is 0 Å². The van der Waals surface area contributed by atoms with E-state index in [2.05, 4.69) is 69.1 Å². The Balaban J connectivity index is 0.000000493. The minimum atomic E-state index is -0.509. The van der Waals surface area contributed by atoms with Crippen molar-refractivity contribution < 1.29 is 65.7 Å². The Labute approximate surface area is 526 Å². The van der Waals surface area contributed by atoms with E-state index in [1.807, 2.05) is 48.7 Å². The molecule has 3 aromatic heterocycles. The van der Waals surface area contributed by atoms with Gasteiger partial charge in [0.1, 0.15) is 23.0 Å². The molecule has 0 unspecified atom stereocenters. The van der Waals surface area contributed by atoms with Gasteiger partial charge in [0.05, 0.1) is 26.2 Å². The summed E-state index contributed by atoms with van der Waals surface area (Å²) >= 11 is 24.1. The summed E-state index contributed by atoms with van der Waals surface area (Å²) in [5.41, 5.74) is 6.77. The second-order valence-corrected chi connectivity index (χ2v) is 23.2.